The zero-order valence-electron chi connectivity index (χ0n) is 13.8. The molecule has 0 spiro atoms. The Bertz CT molecular complexity index is 577. The zero-order chi connectivity index (χ0) is 16.8. The van der Waals surface area contributed by atoms with Crippen molar-refractivity contribution in [2.24, 2.45) is 0 Å². The third-order valence-electron chi connectivity index (χ3n) is 4.11. The van der Waals surface area contributed by atoms with Gasteiger partial charge < -0.3 is 10.2 Å². The van der Waals surface area contributed by atoms with Crippen LogP contribution in [0.1, 0.15) is 24.5 Å². The van der Waals surface area contributed by atoms with Crippen LogP contribution in [0.15, 0.2) is 18.2 Å². The highest BCUT2D eigenvalue weighted by molar-refractivity contribution is 5.78. The summed E-state index contributed by atoms with van der Waals surface area (Å²) in [5.74, 6) is -0.203. The number of hydrogen-bond donors (Lipinski definition) is 1. The minimum atomic E-state index is -0.236. The van der Waals surface area contributed by atoms with Gasteiger partial charge in [0.2, 0.25) is 11.8 Å². The van der Waals surface area contributed by atoms with Gasteiger partial charge in [-0.3, -0.25) is 14.5 Å². The molecule has 1 aliphatic heterocycles. The lowest BCUT2D eigenvalue weighted by Crippen LogP contribution is -2.39. The van der Waals surface area contributed by atoms with Gasteiger partial charge in [0.1, 0.15) is 5.82 Å². The molecule has 0 radical (unpaired) electrons. The maximum Gasteiger partial charge on any atom is 0.234 e. The van der Waals surface area contributed by atoms with Crippen LogP contribution in [0.25, 0.3) is 0 Å². The number of carbonyl (C=O) groups excluding carboxylic acids is 2. The number of benzene rings is 1. The van der Waals surface area contributed by atoms with Crippen molar-refractivity contribution >= 4 is 11.8 Å². The molecule has 2 amide bonds. The largest absolute Gasteiger partial charge is 0.351 e. The molecule has 5 nitrogen and oxygen atoms in total. The first-order chi connectivity index (χ1) is 11.0. The van der Waals surface area contributed by atoms with Crippen LogP contribution in [0.3, 0.4) is 0 Å². The second-order valence-corrected chi connectivity index (χ2v) is 6.00. The molecule has 0 bridgehead atoms. The van der Waals surface area contributed by atoms with E-state index in [4.69, 9.17) is 0 Å². The predicted octanol–water partition coefficient (Wildman–Crippen LogP) is 1.30. The normalized spacial score (nSPS) is 16.0. The lowest BCUT2D eigenvalue weighted by Gasteiger charge is -2.20. The number of aryl methyl sites for hydroxylation is 1. The molecule has 0 unspecified atom stereocenters. The van der Waals surface area contributed by atoms with E-state index in [0.29, 0.717) is 31.7 Å². The number of amides is 2. The van der Waals surface area contributed by atoms with Crippen LogP contribution in [-0.2, 0) is 16.1 Å². The summed E-state index contributed by atoms with van der Waals surface area (Å²) < 4.78 is 13.2. The molecule has 1 N–H and O–H groups in total. The highest BCUT2D eigenvalue weighted by Crippen LogP contribution is 2.09. The number of halogens is 1. The van der Waals surface area contributed by atoms with E-state index < -0.39 is 0 Å². The summed E-state index contributed by atoms with van der Waals surface area (Å²) in [6.07, 6.45) is 0.879. The van der Waals surface area contributed by atoms with Crippen molar-refractivity contribution in [3.63, 3.8) is 0 Å². The maximum absolute atomic E-state index is 13.2. The van der Waals surface area contributed by atoms with Crippen LogP contribution in [0.5, 0.6) is 0 Å². The number of rotatable bonds is 4. The molecule has 126 valence electrons. The van der Waals surface area contributed by atoms with Gasteiger partial charge in [-0.1, -0.05) is 12.1 Å². The van der Waals surface area contributed by atoms with Crippen molar-refractivity contribution in [3.8, 4) is 0 Å². The summed E-state index contributed by atoms with van der Waals surface area (Å²) in [6.45, 7) is 6.95. The molecule has 6 heteroatoms. The van der Waals surface area contributed by atoms with E-state index in [1.807, 2.05) is 4.90 Å². The maximum atomic E-state index is 13.2. The molecular formula is C17H24FN3O2. The Morgan fingerprint density at radius 2 is 2.00 bits per heavy atom. The Kier molecular flexibility index (Phi) is 6.10. The Hall–Kier alpha value is -1.95. The fourth-order valence-electron chi connectivity index (χ4n) is 2.72. The van der Waals surface area contributed by atoms with E-state index in [1.54, 1.807) is 26.0 Å². The van der Waals surface area contributed by atoms with Gasteiger partial charge in [0, 0.05) is 39.6 Å². The highest BCUT2D eigenvalue weighted by atomic mass is 19.1. The molecule has 1 heterocycles. The topological polar surface area (TPSA) is 52.7 Å². The first-order valence-electron chi connectivity index (χ1n) is 7.95. The van der Waals surface area contributed by atoms with Gasteiger partial charge in [0.15, 0.2) is 0 Å². The van der Waals surface area contributed by atoms with Crippen molar-refractivity contribution in [1.82, 2.24) is 15.1 Å². The van der Waals surface area contributed by atoms with Gasteiger partial charge in [-0.15, -0.1) is 0 Å². The molecule has 1 fully saturated rings. The lowest BCUT2D eigenvalue weighted by molar-refractivity contribution is -0.128. The van der Waals surface area contributed by atoms with Crippen LogP contribution in [-0.4, -0.2) is 54.3 Å². The fourth-order valence-corrected chi connectivity index (χ4v) is 2.72. The molecule has 0 aromatic heterocycles. The molecule has 1 aromatic rings. The summed E-state index contributed by atoms with van der Waals surface area (Å²) in [5.41, 5.74) is 1.46. The van der Waals surface area contributed by atoms with Gasteiger partial charge in [-0.2, -0.15) is 0 Å². The number of nitrogens with zero attached hydrogens (tertiary/aromatic N) is 2. The van der Waals surface area contributed by atoms with Crippen molar-refractivity contribution in [2.75, 3.05) is 32.7 Å². The smallest absolute Gasteiger partial charge is 0.234 e. The number of carbonyl (C=O) groups is 2. The Morgan fingerprint density at radius 3 is 2.70 bits per heavy atom. The Morgan fingerprint density at radius 1 is 1.22 bits per heavy atom. The summed E-state index contributed by atoms with van der Waals surface area (Å²) >= 11 is 0. The highest BCUT2D eigenvalue weighted by Gasteiger charge is 2.18. The van der Waals surface area contributed by atoms with Gasteiger partial charge in [-0.25, -0.2) is 4.39 Å². The van der Waals surface area contributed by atoms with Crippen molar-refractivity contribution in [1.29, 1.82) is 0 Å². The first kappa shape index (κ1) is 17.4. The van der Waals surface area contributed by atoms with E-state index >= 15 is 0 Å². The van der Waals surface area contributed by atoms with Crippen molar-refractivity contribution in [3.05, 3.63) is 35.1 Å². The van der Waals surface area contributed by atoms with E-state index in [0.717, 1.165) is 25.1 Å². The molecule has 2 rings (SSSR count). The average Bonchev–Trinajstić information content (AvgIpc) is 2.74. The third-order valence-corrected chi connectivity index (χ3v) is 4.11. The van der Waals surface area contributed by atoms with Crippen LogP contribution >= 0.6 is 0 Å². The standard InChI is InChI=1S/C17H24FN3O2/c1-13-10-15(4-5-16(13)18)11-19-17(23)12-20-6-3-7-21(9-8-20)14(2)22/h4-5,10H,3,6-9,11-12H2,1-2H3,(H,19,23). The number of hydrogen-bond acceptors (Lipinski definition) is 3. The van der Waals surface area contributed by atoms with Crippen LogP contribution in [0.2, 0.25) is 0 Å². The molecule has 1 aromatic carbocycles. The monoisotopic (exact) mass is 321 g/mol. The second kappa shape index (κ2) is 8.06. The average molecular weight is 321 g/mol. The van der Waals surface area contributed by atoms with E-state index in [9.17, 15) is 14.0 Å². The Balaban J connectivity index is 1.78. The van der Waals surface area contributed by atoms with E-state index in [-0.39, 0.29) is 17.6 Å². The van der Waals surface area contributed by atoms with Crippen molar-refractivity contribution in [2.45, 2.75) is 26.8 Å². The van der Waals surface area contributed by atoms with Gasteiger partial charge in [0.25, 0.3) is 0 Å². The molecule has 0 aliphatic carbocycles. The van der Waals surface area contributed by atoms with Crippen molar-refractivity contribution < 1.29 is 14.0 Å². The summed E-state index contributed by atoms with van der Waals surface area (Å²) in [5, 5.41) is 2.86. The van der Waals surface area contributed by atoms with E-state index in [1.165, 1.54) is 6.07 Å². The minimum absolute atomic E-state index is 0.0525. The first-order valence-corrected chi connectivity index (χ1v) is 7.95. The van der Waals surface area contributed by atoms with E-state index in [2.05, 4.69) is 10.2 Å². The molecule has 0 atom stereocenters. The molecular weight excluding hydrogens is 297 g/mol. The minimum Gasteiger partial charge on any atom is -0.351 e. The predicted molar refractivity (Wildman–Crippen MR) is 86.3 cm³/mol. The van der Waals surface area contributed by atoms with Crippen LogP contribution in [0, 0.1) is 12.7 Å². The zero-order valence-corrected chi connectivity index (χ0v) is 13.8. The van der Waals surface area contributed by atoms with Gasteiger partial charge >= 0.3 is 0 Å². The SMILES string of the molecule is CC(=O)N1CCCN(CC(=O)NCc2ccc(F)c(C)c2)CC1. The third kappa shape index (κ3) is 5.32. The van der Waals surface area contributed by atoms with Crippen LogP contribution in [0.4, 0.5) is 4.39 Å². The van der Waals surface area contributed by atoms with Gasteiger partial charge in [-0.05, 0) is 30.5 Å². The lowest BCUT2D eigenvalue weighted by atomic mass is 10.1. The fraction of sp³-hybridized carbons (Fsp3) is 0.529. The summed E-state index contributed by atoms with van der Waals surface area (Å²) in [4.78, 5) is 27.3. The Labute approximate surface area is 136 Å². The summed E-state index contributed by atoms with van der Waals surface area (Å²) in [7, 11) is 0. The second-order valence-electron chi connectivity index (χ2n) is 6.00. The summed E-state index contributed by atoms with van der Waals surface area (Å²) in [6, 6.07) is 4.84. The number of nitrogens with one attached hydrogen (secondary N) is 1. The molecule has 23 heavy (non-hydrogen) atoms. The molecule has 1 saturated heterocycles. The van der Waals surface area contributed by atoms with Crippen LogP contribution < -0.4 is 5.32 Å². The molecule has 0 saturated carbocycles. The van der Waals surface area contributed by atoms with Gasteiger partial charge in [0.05, 0.1) is 6.54 Å². The molecule has 1 aliphatic rings. The quantitative estimate of drug-likeness (QED) is 0.909.